The van der Waals surface area contributed by atoms with E-state index in [9.17, 15) is 19.0 Å². The fraction of sp³-hybridized carbons (Fsp3) is 0.833. The SMILES string of the molecule is CC/C=C\C/C=C\C/C=C\C/C=C\CCCCCCCCCCCCCCCCCCCCCCCCCCC(=O)OC(COC(=O)CCCCCCCCCCCCCCCCCCCCCCC/C=C\C/C=C\CCCCCCC)COP(=O)(O)OCC[N+](C)(C)C. The first-order valence-electron chi connectivity index (χ1n) is 40.7. The summed E-state index contributed by atoms with van der Waals surface area (Å²) in [6, 6.07) is 0. The number of ether oxygens (including phenoxy) is 2. The Morgan fingerprint density at radius 1 is 0.340 bits per heavy atom. The van der Waals surface area contributed by atoms with Crippen molar-refractivity contribution < 1.29 is 42.1 Å². The molecule has 0 saturated carbocycles. The monoisotopic (exact) mass is 1340 g/mol. The lowest BCUT2D eigenvalue weighted by Gasteiger charge is -2.24. The van der Waals surface area contributed by atoms with Crippen molar-refractivity contribution in [2.75, 3.05) is 47.5 Å². The molecule has 1 N–H and O–H groups in total. The predicted molar refractivity (Wildman–Crippen MR) is 409 cm³/mol. The predicted octanol–water partition coefficient (Wildman–Crippen LogP) is 27.1. The molecule has 0 saturated heterocycles. The Morgan fingerprint density at radius 3 is 0.904 bits per heavy atom. The smallest absolute Gasteiger partial charge is 0.462 e. The number of phosphoric acid groups is 1. The van der Waals surface area contributed by atoms with Crippen molar-refractivity contribution >= 4 is 19.8 Å². The van der Waals surface area contributed by atoms with E-state index in [4.69, 9.17) is 18.5 Å². The third-order valence-electron chi connectivity index (χ3n) is 18.2. The third kappa shape index (κ3) is 78.4. The minimum atomic E-state index is -4.39. The van der Waals surface area contributed by atoms with E-state index in [-0.39, 0.29) is 25.6 Å². The van der Waals surface area contributed by atoms with Crippen molar-refractivity contribution in [2.45, 2.75) is 405 Å². The fourth-order valence-electron chi connectivity index (χ4n) is 12.0. The number of rotatable bonds is 76. The Balaban J connectivity index is 3.90. The van der Waals surface area contributed by atoms with Gasteiger partial charge >= 0.3 is 19.8 Å². The molecule has 0 aliphatic heterocycles. The molecule has 0 spiro atoms. The Morgan fingerprint density at radius 2 is 0.606 bits per heavy atom. The first-order chi connectivity index (χ1) is 46.0. The van der Waals surface area contributed by atoms with Crippen LogP contribution in [-0.2, 0) is 32.7 Å². The van der Waals surface area contributed by atoms with Gasteiger partial charge in [-0.1, -0.05) is 376 Å². The van der Waals surface area contributed by atoms with Crippen molar-refractivity contribution in [1.29, 1.82) is 0 Å². The summed E-state index contributed by atoms with van der Waals surface area (Å²) in [7, 11) is 1.50. The molecule has 0 rings (SSSR count). The van der Waals surface area contributed by atoms with E-state index in [0.29, 0.717) is 23.9 Å². The van der Waals surface area contributed by atoms with Crippen LogP contribution in [-0.4, -0.2) is 74.9 Å². The highest BCUT2D eigenvalue weighted by atomic mass is 31.2. The molecule has 0 aromatic carbocycles. The van der Waals surface area contributed by atoms with Gasteiger partial charge in [-0.15, -0.1) is 0 Å². The fourth-order valence-corrected chi connectivity index (χ4v) is 12.8. The zero-order chi connectivity index (χ0) is 68.3. The largest absolute Gasteiger partial charge is 0.472 e. The van der Waals surface area contributed by atoms with E-state index in [1.54, 1.807) is 0 Å². The van der Waals surface area contributed by atoms with Crippen molar-refractivity contribution in [2.24, 2.45) is 0 Å². The number of allylic oxidation sites excluding steroid dienone is 12. The van der Waals surface area contributed by atoms with Crippen molar-refractivity contribution in [3.8, 4) is 0 Å². The number of phosphoric ester groups is 1. The zero-order valence-corrected chi connectivity index (χ0v) is 63.9. The van der Waals surface area contributed by atoms with Gasteiger partial charge in [-0.05, 0) is 83.5 Å². The minimum Gasteiger partial charge on any atom is -0.462 e. The van der Waals surface area contributed by atoms with Gasteiger partial charge in [-0.2, -0.15) is 0 Å². The van der Waals surface area contributed by atoms with E-state index in [2.05, 4.69) is 86.8 Å². The van der Waals surface area contributed by atoms with Gasteiger partial charge in [0.1, 0.15) is 19.8 Å². The third-order valence-corrected chi connectivity index (χ3v) is 19.2. The molecule has 2 atom stereocenters. The van der Waals surface area contributed by atoms with Gasteiger partial charge < -0.3 is 18.9 Å². The second-order valence-corrected chi connectivity index (χ2v) is 30.2. The molecule has 0 aliphatic rings. The molecule has 10 heteroatoms. The van der Waals surface area contributed by atoms with Gasteiger partial charge in [0.15, 0.2) is 6.10 Å². The molecule has 0 aromatic heterocycles. The quantitative estimate of drug-likeness (QED) is 0.0211. The summed E-state index contributed by atoms with van der Waals surface area (Å²) in [6.45, 7) is 4.38. The molecule has 0 radical (unpaired) electrons. The van der Waals surface area contributed by atoms with Crippen LogP contribution in [0.1, 0.15) is 399 Å². The standard InChI is InChI=1S/C84H156NO8P/c1-6-8-10-12-14-16-18-20-22-24-26-28-30-32-34-36-38-40-41-42-43-45-47-49-51-53-55-57-59-61-63-65-67-69-71-73-75-77-84(87)93-82(81-92-94(88,89)91-79-78-85(3,4)5)80-90-83(86)76-74-72-70-68-66-64-62-60-58-56-54-52-50-48-46-44-39-37-35-33-31-29-27-25-23-21-19-17-15-13-11-9-7-2/h8,10,14,16,19-22,25-28,82H,6-7,9,11-13,15,17-18,23-24,29-81H2,1-5H3/p+1/b10-8-,16-14-,21-19-,22-20-,27-25-,28-26-. The van der Waals surface area contributed by atoms with Crippen LogP contribution < -0.4 is 0 Å². The van der Waals surface area contributed by atoms with Crippen LogP contribution in [0.3, 0.4) is 0 Å². The lowest BCUT2D eigenvalue weighted by Crippen LogP contribution is -2.37. The molecular weight excluding hydrogens is 1180 g/mol. The summed E-state index contributed by atoms with van der Waals surface area (Å²) < 4.78 is 34.9. The molecule has 0 amide bonds. The van der Waals surface area contributed by atoms with E-state index in [1.807, 2.05) is 21.1 Å². The van der Waals surface area contributed by atoms with Crippen molar-refractivity contribution in [3.63, 3.8) is 0 Å². The molecule has 550 valence electrons. The Bertz CT molecular complexity index is 1820. The summed E-state index contributed by atoms with van der Waals surface area (Å²) in [5.74, 6) is -0.774. The van der Waals surface area contributed by atoms with Gasteiger partial charge in [0, 0.05) is 12.8 Å². The Labute approximate surface area is 584 Å². The number of esters is 2. The maximum Gasteiger partial charge on any atom is 0.472 e. The highest BCUT2D eigenvalue weighted by molar-refractivity contribution is 7.47. The first-order valence-corrected chi connectivity index (χ1v) is 42.2. The Kier molecular flexibility index (Phi) is 72.6. The molecule has 9 nitrogen and oxygen atoms in total. The van der Waals surface area contributed by atoms with Crippen LogP contribution in [0.2, 0.25) is 0 Å². The molecule has 0 fully saturated rings. The molecule has 0 aromatic rings. The van der Waals surface area contributed by atoms with Gasteiger partial charge in [0.2, 0.25) is 0 Å². The van der Waals surface area contributed by atoms with E-state index in [0.717, 1.165) is 64.2 Å². The van der Waals surface area contributed by atoms with Crippen LogP contribution in [0.5, 0.6) is 0 Å². The lowest BCUT2D eigenvalue weighted by molar-refractivity contribution is -0.870. The second kappa shape index (κ2) is 74.7. The first kappa shape index (κ1) is 91.4. The number of quaternary nitrogens is 1. The summed E-state index contributed by atoms with van der Waals surface area (Å²) in [5.41, 5.74) is 0. The van der Waals surface area contributed by atoms with Crippen LogP contribution in [0.25, 0.3) is 0 Å². The number of likely N-dealkylation sites (N-methyl/N-ethyl adjacent to an activating group) is 1. The molecule has 0 bridgehead atoms. The number of carbonyl (C=O) groups excluding carboxylic acids is 2. The highest BCUT2D eigenvalue weighted by Crippen LogP contribution is 2.43. The average molecular weight is 1340 g/mol. The van der Waals surface area contributed by atoms with Crippen LogP contribution >= 0.6 is 7.82 Å². The molecule has 94 heavy (non-hydrogen) atoms. The van der Waals surface area contributed by atoms with Crippen LogP contribution in [0, 0.1) is 0 Å². The number of hydrogen-bond donors (Lipinski definition) is 1. The number of carbonyl (C=O) groups is 2. The molecule has 0 aliphatic carbocycles. The van der Waals surface area contributed by atoms with E-state index in [1.165, 1.54) is 302 Å². The van der Waals surface area contributed by atoms with Gasteiger partial charge in [0.05, 0.1) is 27.7 Å². The van der Waals surface area contributed by atoms with E-state index < -0.39 is 26.5 Å². The maximum absolute atomic E-state index is 12.9. The Hall–Kier alpha value is -2.55. The van der Waals surface area contributed by atoms with Gasteiger partial charge in [0.25, 0.3) is 0 Å². The van der Waals surface area contributed by atoms with Gasteiger partial charge in [-0.3, -0.25) is 18.6 Å². The van der Waals surface area contributed by atoms with Crippen LogP contribution in [0.4, 0.5) is 0 Å². The summed E-state index contributed by atoms with van der Waals surface area (Å²) in [5, 5.41) is 0. The van der Waals surface area contributed by atoms with E-state index >= 15 is 0 Å². The van der Waals surface area contributed by atoms with Crippen molar-refractivity contribution in [1.82, 2.24) is 0 Å². The molecular formula is C84H157NO8P+. The number of nitrogens with zero attached hydrogens (tertiary/aromatic N) is 1. The van der Waals surface area contributed by atoms with Gasteiger partial charge in [-0.25, -0.2) is 4.57 Å². The number of unbranched alkanes of at least 4 members (excludes halogenated alkanes) is 50. The maximum atomic E-state index is 12.9. The normalized spacial score (nSPS) is 13.4. The van der Waals surface area contributed by atoms with Crippen molar-refractivity contribution in [3.05, 3.63) is 72.9 Å². The molecule has 2 unspecified atom stereocenters. The zero-order valence-electron chi connectivity index (χ0n) is 63.0. The lowest BCUT2D eigenvalue weighted by atomic mass is 10.0. The summed E-state index contributed by atoms with van der Waals surface area (Å²) >= 11 is 0. The second-order valence-electron chi connectivity index (χ2n) is 28.8. The average Bonchev–Trinajstić information content (AvgIpc) is 1.56. The highest BCUT2D eigenvalue weighted by Gasteiger charge is 2.27. The summed E-state index contributed by atoms with van der Waals surface area (Å²) in [4.78, 5) is 36.0. The molecule has 0 heterocycles. The summed E-state index contributed by atoms with van der Waals surface area (Å²) in [6.07, 6.45) is 102. The minimum absolute atomic E-state index is 0.0337. The number of hydrogen-bond acceptors (Lipinski definition) is 7. The van der Waals surface area contributed by atoms with Crippen LogP contribution in [0.15, 0.2) is 72.9 Å². The topological polar surface area (TPSA) is 108 Å².